The van der Waals surface area contributed by atoms with Gasteiger partial charge in [-0.2, -0.15) is 0 Å². The minimum atomic E-state index is -0.0644. The van der Waals surface area contributed by atoms with E-state index in [4.69, 9.17) is 4.98 Å². The molecule has 0 aliphatic heterocycles. The van der Waals surface area contributed by atoms with Crippen LogP contribution in [0.4, 0.5) is 0 Å². The zero-order valence-electron chi connectivity index (χ0n) is 16.0. The van der Waals surface area contributed by atoms with E-state index in [0.717, 1.165) is 33.7 Å². The first-order chi connectivity index (χ1) is 13.6. The molecule has 2 aromatic carbocycles. The number of hydrogen-bond acceptors (Lipinski definition) is 3. The van der Waals surface area contributed by atoms with Crippen molar-refractivity contribution in [2.24, 2.45) is 0 Å². The maximum atomic E-state index is 12.5. The Morgan fingerprint density at radius 2 is 1.75 bits per heavy atom. The van der Waals surface area contributed by atoms with Crippen molar-refractivity contribution in [3.05, 3.63) is 83.6 Å². The van der Waals surface area contributed by atoms with E-state index in [1.807, 2.05) is 68.4 Å². The second-order valence-corrected chi connectivity index (χ2v) is 6.93. The number of carbonyl (C=O) groups is 1. The van der Waals surface area contributed by atoms with E-state index < -0.39 is 0 Å². The summed E-state index contributed by atoms with van der Waals surface area (Å²) in [5.41, 5.74) is 5.56. The van der Waals surface area contributed by atoms with E-state index in [2.05, 4.69) is 20.9 Å². The van der Waals surface area contributed by atoms with E-state index >= 15 is 0 Å². The third kappa shape index (κ3) is 3.64. The van der Waals surface area contributed by atoms with Crippen molar-refractivity contribution < 1.29 is 4.79 Å². The number of aryl methyl sites for hydroxylation is 2. The quantitative estimate of drug-likeness (QED) is 0.574. The van der Waals surface area contributed by atoms with Crippen molar-refractivity contribution in [3.8, 4) is 11.4 Å². The van der Waals surface area contributed by atoms with Crippen molar-refractivity contribution in [1.82, 2.24) is 19.9 Å². The first kappa shape index (κ1) is 17.9. The Kier molecular flexibility index (Phi) is 4.89. The molecule has 5 heteroatoms. The number of nitrogens with one attached hydrogen (secondary N) is 1. The minimum Gasteiger partial charge on any atom is -0.350 e. The largest absolute Gasteiger partial charge is 0.350 e. The number of fused-ring (bicyclic) bond motifs is 1. The molecule has 0 fully saturated rings. The summed E-state index contributed by atoms with van der Waals surface area (Å²) in [4.78, 5) is 21.8. The fourth-order valence-corrected chi connectivity index (χ4v) is 3.47. The summed E-state index contributed by atoms with van der Waals surface area (Å²) in [6, 6.07) is 19.8. The molecule has 0 saturated carbocycles. The average Bonchev–Trinajstić information content (AvgIpc) is 3.06. The van der Waals surface area contributed by atoms with Gasteiger partial charge in [0, 0.05) is 30.4 Å². The van der Waals surface area contributed by atoms with Gasteiger partial charge >= 0.3 is 0 Å². The molecule has 0 spiro atoms. The highest BCUT2D eigenvalue weighted by Gasteiger charge is 2.14. The number of amides is 1. The van der Waals surface area contributed by atoms with Gasteiger partial charge in [0.05, 0.1) is 0 Å². The second-order valence-electron chi connectivity index (χ2n) is 6.93. The molecular formula is C23H22N4O. The second kappa shape index (κ2) is 7.64. The summed E-state index contributed by atoms with van der Waals surface area (Å²) < 4.78 is 2.06. The molecule has 0 atom stereocenters. The topological polar surface area (TPSA) is 59.8 Å². The molecule has 28 heavy (non-hydrogen) atoms. The van der Waals surface area contributed by atoms with Crippen molar-refractivity contribution in [1.29, 1.82) is 0 Å². The lowest BCUT2D eigenvalue weighted by Crippen LogP contribution is -2.27. The van der Waals surface area contributed by atoms with Crippen LogP contribution < -0.4 is 5.32 Å². The van der Waals surface area contributed by atoms with Gasteiger partial charge in [-0.3, -0.25) is 4.79 Å². The van der Waals surface area contributed by atoms with Crippen LogP contribution in [0.5, 0.6) is 0 Å². The van der Waals surface area contributed by atoms with Crippen LogP contribution in [0.25, 0.3) is 22.6 Å². The van der Waals surface area contributed by atoms with Gasteiger partial charge in [-0.25, -0.2) is 9.97 Å². The van der Waals surface area contributed by atoms with E-state index in [9.17, 15) is 4.79 Å². The van der Waals surface area contributed by atoms with Crippen molar-refractivity contribution in [3.63, 3.8) is 0 Å². The van der Waals surface area contributed by atoms with Crippen LogP contribution in [-0.2, 0) is 6.54 Å². The third-order valence-electron chi connectivity index (χ3n) is 4.64. The molecule has 0 bridgehead atoms. The molecule has 5 nitrogen and oxygen atoms in total. The normalized spacial score (nSPS) is 10.9. The molecule has 0 radical (unpaired) electrons. The predicted molar refractivity (Wildman–Crippen MR) is 111 cm³/mol. The molecular weight excluding hydrogens is 348 g/mol. The van der Waals surface area contributed by atoms with Crippen LogP contribution >= 0.6 is 0 Å². The molecule has 4 aromatic rings. The Labute approximate surface area is 164 Å². The number of hydrogen-bond donors (Lipinski definition) is 1. The van der Waals surface area contributed by atoms with Crippen molar-refractivity contribution in [2.45, 2.75) is 20.4 Å². The van der Waals surface area contributed by atoms with Gasteiger partial charge in [0.1, 0.15) is 11.3 Å². The molecule has 1 N–H and O–H groups in total. The number of aromatic nitrogens is 3. The number of carbonyl (C=O) groups excluding carboxylic acids is 1. The zero-order chi connectivity index (χ0) is 19.5. The van der Waals surface area contributed by atoms with E-state index in [-0.39, 0.29) is 5.91 Å². The van der Waals surface area contributed by atoms with Crippen LogP contribution in [0.15, 0.2) is 66.9 Å². The molecule has 0 unspecified atom stereocenters. The van der Waals surface area contributed by atoms with Gasteiger partial charge in [0.2, 0.25) is 0 Å². The molecule has 4 rings (SSSR count). The molecule has 0 saturated heterocycles. The number of imidazole rings is 1. The molecule has 1 amide bonds. The van der Waals surface area contributed by atoms with Gasteiger partial charge in [-0.1, -0.05) is 47.5 Å². The molecule has 0 aliphatic rings. The van der Waals surface area contributed by atoms with Gasteiger partial charge in [-0.15, -0.1) is 0 Å². The first-order valence-corrected chi connectivity index (χ1v) is 9.35. The average molecular weight is 370 g/mol. The Bertz CT molecular complexity index is 1110. The highest BCUT2D eigenvalue weighted by Crippen LogP contribution is 2.23. The predicted octanol–water partition coefficient (Wildman–Crippen LogP) is 4.15. The molecule has 0 aliphatic carbocycles. The Morgan fingerprint density at radius 3 is 2.50 bits per heavy atom. The van der Waals surface area contributed by atoms with Gasteiger partial charge in [0.25, 0.3) is 5.91 Å². The Balaban J connectivity index is 1.57. The van der Waals surface area contributed by atoms with Gasteiger partial charge in [-0.05, 0) is 38.1 Å². The lowest BCUT2D eigenvalue weighted by molar-refractivity contribution is 0.0952. The summed E-state index contributed by atoms with van der Waals surface area (Å²) in [7, 11) is 0. The van der Waals surface area contributed by atoms with Crippen LogP contribution in [0, 0.1) is 13.8 Å². The molecule has 2 aromatic heterocycles. The fraction of sp³-hybridized carbons (Fsp3) is 0.174. The number of benzene rings is 2. The summed E-state index contributed by atoms with van der Waals surface area (Å²) in [6.45, 7) is 5.08. The first-order valence-electron chi connectivity index (χ1n) is 9.35. The van der Waals surface area contributed by atoms with Crippen LogP contribution in [0.3, 0.4) is 0 Å². The number of pyridine rings is 1. The summed E-state index contributed by atoms with van der Waals surface area (Å²) in [6.07, 6.45) is 1.77. The minimum absolute atomic E-state index is 0.0644. The monoisotopic (exact) mass is 370 g/mol. The lowest BCUT2D eigenvalue weighted by atomic mass is 10.1. The number of nitrogens with zero attached hydrogens (tertiary/aromatic N) is 3. The Hall–Kier alpha value is -3.47. The Morgan fingerprint density at radius 1 is 1.00 bits per heavy atom. The molecule has 2 heterocycles. The van der Waals surface area contributed by atoms with Crippen LogP contribution in [0.2, 0.25) is 0 Å². The van der Waals surface area contributed by atoms with E-state index in [0.29, 0.717) is 18.7 Å². The summed E-state index contributed by atoms with van der Waals surface area (Å²) in [5, 5.41) is 3.02. The highest BCUT2D eigenvalue weighted by atomic mass is 16.1. The highest BCUT2D eigenvalue weighted by molar-refractivity contribution is 5.94. The SMILES string of the molecule is Cc1cc(C)cc(C(=O)NCCn2c(-c3ccccc3)nc3cccnc32)c1. The van der Waals surface area contributed by atoms with E-state index in [1.54, 1.807) is 6.20 Å². The summed E-state index contributed by atoms with van der Waals surface area (Å²) in [5.74, 6) is 0.792. The fourth-order valence-electron chi connectivity index (χ4n) is 3.47. The smallest absolute Gasteiger partial charge is 0.251 e. The molecule has 140 valence electrons. The van der Waals surface area contributed by atoms with Crippen molar-refractivity contribution in [2.75, 3.05) is 6.54 Å². The maximum Gasteiger partial charge on any atom is 0.251 e. The third-order valence-corrected chi connectivity index (χ3v) is 4.64. The number of rotatable bonds is 5. The van der Waals surface area contributed by atoms with E-state index in [1.165, 1.54) is 0 Å². The van der Waals surface area contributed by atoms with Crippen LogP contribution in [0.1, 0.15) is 21.5 Å². The summed E-state index contributed by atoms with van der Waals surface area (Å²) >= 11 is 0. The standard InChI is InChI=1S/C23H22N4O/c1-16-13-17(2)15-19(14-16)23(28)25-11-12-27-21(18-7-4-3-5-8-18)26-20-9-6-10-24-22(20)27/h3-10,13-15H,11-12H2,1-2H3,(H,25,28). The van der Waals surface area contributed by atoms with Crippen molar-refractivity contribution >= 4 is 17.1 Å². The maximum absolute atomic E-state index is 12.5. The van der Waals surface area contributed by atoms with Gasteiger partial charge < -0.3 is 9.88 Å². The van der Waals surface area contributed by atoms with Gasteiger partial charge in [0.15, 0.2) is 5.65 Å². The lowest BCUT2D eigenvalue weighted by Gasteiger charge is -2.11. The van der Waals surface area contributed by atoms with Crippen LogP contribution in [-0.4, -0.2) is 27.0 Å². The zero-order valence-corrected chi connectivity index (χ0v) is 16.0.